The van der Waals surface area contributed by atoms with Gasteiger partial charge in [0.15, 0.2) is 0 Å². The molecule has 0 unspecified atom stereocenters. The third kappa shape index (κ3) is 4.98. The highest BCUT2D eigenvalue weighted by molar-refractivity contribution is 7.89. The van der Waals surface area contributed by atoms with Gasteiger partial charge in [0, 0.05) is 14.1 Å². The number of hydrogen-bond donors (Lipinski definition) is 1. The Morgan fingerprint density at radius 1 is 0.903 bits per heavy atom. The smallest absolute Gasteiger partial charge is 0.253 e. The number of nitrogens with zero attached hydrogens (tertiary/aromatic N) is 1. The fourth-order valence-electron chi connectivity index (χ4n) is 3.21. The highest BCUT2D eigenvalue weighted by Gasteiger charge is 2.23. The monoisotopic (exact) mass is 456 g/mol. The van der Waals surface area contributed by atoms with E-state index >= 15 is 0 Å². The molecule has 0 aromatic heterocycles. The van der Waals surface area contributed by atoms with E-state index in [4.69, 9.17) is 11.6 Å². The molecule has 1 N–H and O–H groups in total. The summed E-state index contributed by atoms with van der Waals surface area (Å²) >= 11 is 6.27. The van der Waals surface area contributed by atoms with Gasteiger partial charge in [0.05, 0.1) is 21.5 Å². The summed E-state index contributed by atoms with van der Waals surface area (Å²) in [6.45, 7) is 4.06. The number of amides is 1. The Bertz CT molecular complexity index is 1210. The summed E-state index contributed by atoms with van der Waals surface area (Å²) in [5.74, 6) is -0.451. The third-order valence-corrected chi connectivity index (χ3v) is 7.37. The first kappa shape index (κ1) is 23.0. The second-order valence-electron chi connectivity index (χ2n) is 7.59. The average Bonchev–Trinajstić information content (AvgIpc) is 2.74. The fourth-order valence-corrected chi connectivity index (χ4v) is 4.34. The van der Waals surface area contributed by atoms with Crippen LogP contribution in [0.25, 0.3) is 0 Å². The summed E-state index contributed by atoms with van der Waals surface area (Å²) in [6.07, 6.45) is 0. The molecular weight excluding hydrogens is 432 g/mol. The molecule has 0 radical (unpaired) electrons. The zero-order valence-corrected chi connectivity index (χ0v) is 19.5. The number of benzene rings is 3. The molecule has 0 fully saturated rings. The molecule has 3 rings (SSSR count). The molecule has 162 valence electrons. The van der Waals surface area contributed by atoms with Gasteiger partial charge in [-0.05, 0) is 54.3 Å². The molecule has 1 atom stereocenters. The number of rotatable bonds is 6. The standard InChI is InChI=1S/C24H25ClN2O3S/c1-16-10-11-19(14-17(16)2)23(18-8-6-5-7-9-18)26-24(28)21-15-20(12-13-22(21)25)31(29,30)27(3)4/h5-15,23H,1-4H3,(H,26,28)/t23-/m0/s1. The quantitative estimate of drug-likeness (QED) is 0.583. The second kappa shape index (κ2) is 9.22. The van der Waals surface area contributed by atoms with Gasteiger partial charge in [-0.3, -0.25) is 4.79 Å². The maximum atomic E-state index is 13.2. The van der Waals surface area contributed by atoms with E-state index in [1.54, 1.807) is 0 Å². The Kier molecular flexibility index (Phi) is 6.84. The van der Waals surface area contributed by atoms with Crippen LogP contribution in [0.3, 0.4) is 0 Å². The van der Waals surface area contributed by atoms with Gasteiger partial charge < -0.3 is 5.32 Å². The summed E-state index contributed by atoms with van der Waals surface area (Å²) in [6, 6.07) is 19.4. The van der Waals surface area contributed by atoms with Crippen LogP contribution < -0.4 is 5.32 Å². The van der Waals surface area contributed by atoms with Crippen molar-refractivity contribution in [3.8, 4) is 0 Å². The van der Waals surface area contributed by atoms with Crippen LogP contribution in [0.2, 0.25) is 5.02 Å². The number of sulfonamides is 1. The Morgan fingerprint density at radius 2 is 1.58 bits per heavy atom. The van der Waals surface area contributed by atoms with E-state index in [-0.39, 0.29) is 15.5 Å². The Hall–Kier alpha value is -2.67. The van der Waals surface area contributed by atoms with Crippen LogP contribution in [-0.4, -0.2) is 32.7 Å². The average molecular weight is 457 g/mol. The van der Waals surface area contributed by atoms with Crippen molar-refractivity contribution in [1.29, 1.82) is 0 Å². The largest absolute Gasteiger partial charge is 0.341 e. The van der Waals surface area contributed by atoms with Gasteiger partial charge in [-0.2, -0.15) is 0 Å². The first-order valence-corrected chi connectivity index (χ1v) is 11.6. The SMILES string of the molecule is Cc1ccc([C@@H](NC(=O)c2cc(S(=O)(=O)N(C)C)ccc2Cl)c2ccccc2)cc1C. The molecule has 0 spiro atoms. The molecule has 0 aliphatic carbocycles. The van der Waals surface area contributed by atoms with E-state index in [0.29, 0.717) is 0 Å². The van der Waals surface area contributed by atoms with Crippen molar-refractivity contribution < 1.29 is 13.2 Å². The summed E-state index contributed by atoms with van der Waals surface area (Å²) in [4.78, 5) is 13.2. The first-order valence-electron chi connectivity index (χ1n) is 9.76. The number of carbonyl (C=O) groups is 1. The van der Waals surface area contributed by atoms with E-state index in [2.05, 4.69) is 5.32 Å². The van der Waals surface area contributed by atoms with Gasteiger partial charge in [-0.15, -0.1) is 0 Å². The molecule has 5 nitrogen and oxygen atoms in total. The van der Waals surface area contributed by atoms with Crippen molar-refractivity contribution in [3.05, 3.63) is 99.6 Å². The van der Waals surface area contributed by atoms with Gasteiger partial charge in [0.25, 0.3) is 5.91 Å². The second-order valence-corrected chi connectivity index (χ2v) is 10.1. The molecule has 0 saturated heterocycles. The molecule has 0 saturated carbocycles. The van der Waals surface area contributed by atoms with E-state index < -0.39 is 22.0 Å². The summed E-state index contributed by atoms with van der Waals surface area (Å²) < 4.78 is 26.1. The van der Waals surface area contributed by atoms with Gasteiger partial charge in [-0.25, -0.2) is 12.7 Å². The van der Waals surface area contributed by atoms with Crippen LogP contribution in [0.15, 0.2) is 71.6 Å². The predicted molar refractivity (Wildman–Crippen MR) is 124 cm³/mol. The maximum Gasteiger partial charge on any atom is 0.253 e. The first-order chi connectivity index (χ1) is 14.6. The van der Waals surface area contributed by atoms with E-state index in [0.717, 1.165) is 26.6 Å². The molecule has 1 amide bonds. The predicted octanol–water partition coefficient (Wildman–Crippen LogP) is 4.73. The number of carbonyl (C=O) groups excluding carboxylic acids is 1. The maximum absolute atomic E-state index is 13.2. The zero-order chi connectivity index (χ0) is 22.8. The number of aryl methyl sites for hydroxylation is 2. The van der Waals surface area contributed by atoms with Crippen molar-refractivity contribution in [3.63, 3.8) is 0 Å². The summed E-state index contributed by atoms with van der Waals surface area (Å²) in [7, 11) is -0.820. The van der Waals surface area contributed by atoms with E-state index in [1.165, 1.54) is 32.3 Å². The fraction of sp³-hybridized carbons (Fsp3) is 0.208. The lowest BCUT2D eigenvalue weighted by Crippen LogP contribution is -2.30. The van der Waals surface area contributed by atoms with Crippen molar-refractivity contribution in [1.82, 2.24) is 9.62 Å². The Morgan fingerprint density at radius 3 is 2.19 bits per heavy atom. The molecule has 0 bridgehead atoms. The van der Waals surface area contributed by atoms with E-state index in [1.807, 2.05) is 62.4 Å². The van der Waals surface area contributed by atoms with Crippen LogP contribution >= 0.6 is 11.6 Å². The lowest BCUT2D eigenvalue weighted by atomic mass is 9.95. The van der Waals surface area contributed by atoms with Crippen molar-refractivity contribution in [2.75, 3.05) is 14.1 Å². The van der Waals surface area contributed by atoms with Crippen LogP contribution in [-0.2, 0) is 10.0 Å². The highest BCUT2D eigenvalue weighted by Crippen LogP contribution is 2.27. The lowest BCUT2D eigenvalue weighted by molar-refractivity contribution is 0.0943. The van der Waals surface area contributed by atoms with E-state index in [9.17, 15) is 13.2 Å². The molecule has 0 aliphatic heterocycles. The van der Waals surface area contributed by atoms with Gasteiger partial charge in [-0.1, -0.05) is 60.1 Å². The number of halogens is 1. The molecule has 3 aromatic rings. The normalized spacial score (nSPS) is 12.6. The van der Waals surface area contributed by atoms with Crippen molar-refractivity contribution in [2.24, 2.45) is 0 Å². The van der Waals surface area contributed by atoms with Gasteiger partial charge in [0.2, 0.25) is 10.0 Å². The number of hydrogen-bond acceptors (Lipinski definition) is 3. The minimum atomic E-state index is -3.70. The molecule has 3 aromatic carbocycles. The van der Waals surface area contributed by atoms with Crippen molar-refractivity contribution in [2.45, 2.75) is 24.8 Å². The minimum Gasteiger partial charge on any atom is -0.341 e. The topological polar surface area (TPSA) is 66.5 Å². The van der Waals surface area contributed by atoms with Crippen LogP contribution in [0, 0.1) is 13.8 Å². The minimum absolute atomic E-state index is 0.00879. The molecule has 7 heteroatoms. The number of nitrogens with one attached hydrogen (secondary N) is 1. The van der Waals surface area contributed by atoms with Crippen LogP contribution in [0.5, 0.6) is 0 Å². The van der Waals surface area contributed by atoms with Gasteiger partial charge in [0.1, 0.15) is 0 Å². The summed E-state index contributed by atoms with van der Waals surface area (Å²) in [5, 5.41) is 3.21. The van der Waals surface area contributed by atoms with Crippen LogP contribution in [0.4, 0.5) is 0 Å². The Labute approximate surface area is 188 Å². The van der Waals surface area contributed by atoms with Crippen molar-refractivity contribution >= 4 is 27.5 Å². The summed E-state index contributed by atoms with van der Waals surface area (Å²) in [5.41, 5.74) is 4.22. The lowest BCUT2D eigenvalue weighted by Gasteiger charge is -2.21. The Balaban J connectivity index is 2.03. The third-order valence-electron chi connectivity index (χ3n) is 5.23. The molecular formula is C24H25ClN2O3S. The van der Waals surface area contributed by atoms with Gasteiger partial charge >= 0.3 is 0 Å². The van der Waals surface area contributed by atoms with Crippen LogP contribution in [0.1, 0.15) is 38.7 Å². The highest BCUT2D eigenvalue weighted by atomic mass is 35.5. The molecule has 0 aliphatic rings. The zero-order valence-electron chi connectivity index (χ0n) is 17.9. The molecule has 31 heavy (non-hydrogen) atoms. The molecule has 0 heterocycles.